The van der Waals surface area contributed by atoms with Crippen molar-refractivity contribution in [3.05, 3.63) is 81.0 Å². The summed E-state index contributed by atoms with van der Waals surface area (Å²) in [6.45, 7) is 0.888. The average Bonchev–Trinajstić information content (AvgIpc) is 2.94. The Balaban J connectivity index is 1.73. The fourth-order valence-corrected chi connectivity index (χ4v) is 4.35. The number of methoxy groups -OCH3 is 2. The largest absolute Gasteiger partial charge is 0.495 e. The molecule has 4 rings (SSSR count). The molecule has 3 heterocycles. The number of hydrogen-bond donors (Lipinski definition) is 1. The summed E-state index contributed by atoms with van der Waals surface area (Å²) in [5, 5.41) is 4.42. The number of nitrogens with two attached hydrogens (primary N) is 1. The molecule has 0 fully saturated rings. The molecule has 0 bridgehead atoms. The van der Waals surface area contributed by atoms with Gasteiger partial charge >= 0.3 is 0 Å². The maximum absolute atomic E-state index is 13.5. The summed E-state index contributed by atoms with van der Waals surface area (Å²) >= 11 is 6.30. The van der Waals surface area contributed by atoms with E-state index in [-0.39, 0.29) is 36.8 Å². The molecular weight excluding hydrogens is 528 g/mol. The summed E-state index contributed by atoms with van der Waals surface area (Å²) in [5.41, 5.74) is 7.03. The number of nitrogens with zero attached hydrogens (tertiary/aromatic N) is 3. The highest BCUT2D eigenvalue weighted by atomic mass is 35.5. The number of pyridine rings is 2. The van der Waals surface area contributed by atoms with Crippen molar-refractivity contribution < 1.29 is 28.6 Å². The topological polar surface area (TPSA) is 144 Å². The second kappa shape index (κ2) is 12.5. The van der Waals surface area contributed by atoms with E-state index in [0.29, 0.717) is 46.2 Å². The Hall–Kier alpha value is -4.22. The molecule has 2 aromatic heterocycles. The number of carbonyl (C=O) groups is 2. The number of hydrogen-bond acceptors (Lipinski definition) is 9. The zero-order chi connectivity index (χ0) is 27.9. The van der Waals surface area contributed by atoms with Crippen molar-refractivity contribution in [2.75, 3.05) is 34.0 Å². The number of rotatable bonds is 11. The highest BCUT2D eigenvalue weighted by Crippen LogP contribution is 2.34. The first kappa shape index (κ1) is 27.8. The van der Waals surface area contributed by atoms with Crippen LogP contribution in [0.4, 0.5) is 0 Å². The SMILES string of the molecule is COCCC(C(=O)Cc1ccc(C(N)=O)nc1)n1cc(OC)c(-c2cc(Cl)ccc2C2=NOCCO2)cc1=O. The second-order valence-electron chi connectivity index (χ2n) is 8.63. The summed E-state index contributed by atoms with van der Waals surface area (Å²) in [5.74, 6) is -0.327. The number of aromatic nitrogens is 2. The van der Waals surface area contributed by atoms with Crippen molar-refractivity contribution in [1.29, 1.82) is 0 Å². The first-order chi connectivity index (χ1) is 18.8. The molecule has 11 nitrogen and oxygen atoms in total. The Morgan fingerprint density at radius 3 is 2.59 bits per heavy atom. The van der Waals surface area contributed by atoms with Gasteiger partial charge in [0.25, 0.3) is 17.4 Å². The van der Waals surface area contributed by atoms with Crippen molar-refractivity contribution in [2.24, 2.45) is 10.9 Å². The third-order valence-electron chi connectivity index (χ3n) is 6.09. The van der Waals surface area contributed by atoms with Gasteiger partial charge in [-0.25, -0.2) is 0 Å². The zero-order valence-corrected chi connectivity index (χ0v) is 22.1. The monoisotopic (exact) mass is 554 g/mol. The van der Waals surface area contributed by atoms with Crippen molar-refractivity contribution in [2.45, 2.75) is 18.9 Å². The summed E-state index contributed by atoms with van der Waals surface area (Å²) in [6, 6.07) is 8.66. The molecule has 1 aliphatic rings. The van der Waals surface area contributed by atoms with Gasteiger partial charge < -0.3 is 29.3 Å². The maximum atomic E-state index is 13.5. The number of primary amides is 1. The molecule has 1 atom stereocenters. The van der Waals surface area contributed by atoms with Crippen LogP contribution in [0.15, 0.2) is 58.7 Å². The third kappa shape index (κ3) is 6.44. The standard InChI is InChI=1S/C27H27ClN4O7/c1-36-8-7-22(23(33)11-16-3-6-21(26(29)35)30-14-16)32-15-24(37-2)20(13-25(32)34)19-12-17(28)4-5-18(19)27-31-39-10-9-38-27/h3-6,12-15,22H,7-11H2,1-2H3,(H2,29,35). The summed E-state index contributed by atoms with van der Waals surface area (Å²) in [4.78, 5) is 47.3. The number of ether oxygens (including phenoxy) is 3. The van der Waals surface area contributed by atoms with E-state index in [2.05, 4.69) is 10.1 Å². The van der Waals surface area contributed by atoms with Crippen LogP contribution in [0.3, 0.4) is 0 Å². The number of Topliss-reactive ketones (excluding diaryl/α,β-unsaturated/α-hetero) is 1. The second-order valence-corrected chi connectivity index (χ2v) is 9.06. The average molecular weight is 555 g/mol. The van der Waals surface area contributed by atoms with E-state index >= 15 is 0 Å². The van der Waals surface area contributed by atoms with Gasteiger partial charge in [-0.3, -0.25) is 19.4 Å². The molecular formula is C27H27ClN4O7. The molecule has 204 valence electrons. The third-order valence-corrected chi connectivity index (χ3v) is 6.32. The van der Waals surface area contributed by atoms with Gasteiger partial charge in [0.1, 0.15) is 18.1 Å². The molecule has 1 unspecified atom stereocenters. The van der Waals surface area contributed by atoms with Crippen LogP contribution in [0.2, 0.25) is 5.02 Å². The van der Waals surface area contributed by atoms with Crippen LogP contribution in [0.25, 0.3) is 11.1 Å². The Morgan fingerprint density at radius 2 is 1.95 bits per heavy atom. The van der Waals surface area contributed by atoms with Gasteiger partial charge in [0.2, 0.25) is 0 Å². The molecule has 1 aliphatic heterocycles. The van der Waals surface area contributed by atoms with E-state index in [1.807, 2.05) is 0 Å². The Kier molecular flexibility index (Phi) is 8.95. The van der Waals surface area contributed by atoms with Gasteiger partial charge in [-0.15, -0.1) is 0 Å². The van der Waals surface area contributed by atoms with Crippen molar-refractivity contribution in [3.8, 4) is 16.9 Å². The fourth-order valence-electron chi connectivity index (χ4n) is 4.18. The van der Waals surface area contributed by atoms with Crippen molar-refractivity contribution in [3.63, 3.8) is 0 Å². The molecule has 0 aliphatic carbocycles. The van der Waals surface area contributed by atoms with Crippen molar-refractivity contribution in [1.82, 2.24) is 9.55 Å². The molecule has 0 radical (unpaired) electrons. The molecule has 1 amide bonds. The molecule has 2 N–H and O–H groups in total. The van der Waals surface area contributed by atoms with Crippen LogP contribution >= 0.6 is 11.6 Å². The summed E-state index contributed by atoms with van der Waals surface area (Å²) in [6.07, 6.45) is 3.13. The van der Waals surface area contributed by atoms with Crippen LogP contribution < -0.4 is 16.0 Å². The van der Waals surface area contributed by atoms with Crippen LogP contribution in [0.5, 0.6) is 5.75 Å². The minimum atomic E-state index is -0.852. The Labute approximate surface area is 229 Å². The van der Waals surface area contributed by atoms with E-state index in [1.165, 1.54) is 43.3 Å². The molecule has 0 saturated heterocycles. The number of amides is 1. The first-order valence-electron chi connectivity index (χ1n) is 12.0. The highest BCUT2D eigenvalue weighted by Gasteiger charge is 2.25. The summed E-state index contributed by atoms with van der Waals surface area (Å²) < 4.78 is 17.8. The van der Waals surface area contributed by atoms with E-state index in [0.717, 1.165) is 0 Å². The number of benzene rings is 1. The van der Waals surface area contributed by atoms with Gasteiger partial charge in [-0.05, 0) is 47.0 Å². The van der Waals surface area contributed by atoms with Crippen LogP contribution in [0, 0.1) is 0 Å². The van der Waals surface area contributed by atoms with Gasteiger partial charge in [0, 0.05) is 48.6 Å². The normalized spacial score (nSPS) is 13.6. The number of oxime groups is 1. The minimum Gasteiger partial charge on any atom is -0.495 e. The quantitative estimate of drug-likeness (QED) is 0.381. The lowest BCUT2D eigenvalue weighted by molar-refractivity contribution is -0.122. The van der Waals surface area contributed by atoms with Gasteiger partial charge in [-0.1, -0.05) is 17.7 Å². The number of carbonyl (C=O) groups excluding carboxylic acids is 2. The molecule has 0 saturated carbocycles. The number of halogens is 1. The van der Waals surface area contributed by atoms with E-state index < -0.39 is 17.5 Å². The Bertz CT molecular complexity index is 1450. The first-order valence-corrected chi connectivity index (χ1v) is 12.4. The van der Waals surface area contributed by atoms with E-state index in [1.54, 1.807) is 24.3 Å². The molecule has 1 aromatic carbocycles. The maximum Gasteiger partial charge on any atom is 0.267 e. The fraction of sp³-hybridized carbons (Fsp3) is 0.296. The molecule has 12 heteroatoms. The lowest BCUT2D eigenvalue weighted by atomic mass is 9.98. The lowest BCUT2D eigenvalue weighted by Crippen LogP contribution is -2.31. The van der Waals surface area contributed by atoms with Gasteiger partial charge in [-0.2, -0.15) is 0 Å². The smallest absolute Gasteiger partial charge is 0.267 e. The van der Waals surface area contributed by atoms with Crippen LogP contribution in [-0.2, 0) is 25.5 Å². The molecule has 0 spiro atoms. The van der Waals surface area contributed by atoms with E-state index in [9.17, 15) is 14.4 Å². The van der Waals surface area contributed by atoms with Gasteiger partial charge in [0.15, 0.2) is 12.4 Å². The van der Waals surface area contributed by atoms with Gasteiger partial charge in [0.05, 0.1) is 19.3 Å². The summed E-state index contributed by atoms with van der Waals surface area (Å²) in [7, 11) is 2.98. The lowest BCUT2D eigenvalue weighted by Gasteiger charge is -2.22. The van der Waals surface area contributed by atoms with Crippen LogP contribution in [0.1, 0.15) is 34.1 Å². The highest BCUT2D eigenvalue weighted by molar-refractivity contribution is 6.31. The Morgan fingerprint density at radius 1 is 1.13 bits per heavy atom. The predicted octanol–water partition coefficient (Wildman–Crippen LogP) is 2.77. The molecule has 39 heavy (non-hydrogen) atoms. The predicted molar refractivity (Wildman–Crippen MR) is 143 cm³/mol. The zero-order valence-electron chi connectivity index (χ0n) is 21.4. The van der Waals surface area contributed by atoms with Crippen molar-refractivity contribution >= 4 is 29.2 Å². The van der Waals surface area contributed by atoms with Crippen LogP contribution in [-0.4, -0.2) is 61.2 Å². The number of ketones is 1. The molecule has 3 aromatic rings. The van der Waals surface area contributed by atoms with E-state index in [4.69, 9.17) is 36.4 Å². The minimum absolute atomic E-state index is 0.0213.